The van der Waals surface area contributed by atoms with Gasteiger partial charge in [-0.05, 0) is 30.9 Å². The number of amides is 1. The number of hydrogen-bond acceptors (Lipinski definition) is 5. The van der Waals surface area contributed by atoms with E-state index in [-0.39, 0.29) is 46.7 Å². The minimum absolute atomic E-state index is 0.0105. The van der Waals surface area contributed by atoms with Crippen LogP contribution in [0.2, 0.25) is 0 Å². The van der Waals surface area contributed by atoms with Crippen LogP contribution in [0.5, 0.6) is 5.88 Å². The van der Waals surface area contributed by atoms with Gasteiger partial charge in [-0.1, -0.05) is 36.8 Å². The van der Waals surface area contributed by atoms with Crippen molar-refractivity contribution in [3.63, 3.8) is 0 Å². The van der Waals surface area contributed by atoms with E-state index in [2.05, 4.69) is 27.4 Å². The molecule has 3 atom stereocenters. The van der Waals surface area contributed by atoms with E-state index in [1.165, 1.54) is 19.3 Å². The summed E-state index contributed by atoms with van der Waals surface area (Å²) in [6, 6.07) is 10.0. The fourth-order valence-corrected chi connectivity index (χ4v) is 6.13. The van der Waals surface area contributed by atoms with Crippen molar-refractivity contribution in [2.45, 2.75) is 31.5 Å². The third-order valence-corrected chi connectivity index (χ3v) is 7.80. The van der Waals surface area contributed by atoms with Crippen LogP contribution in [-0.2, 0) is 4.79 Å². The van der Waals surface area contributed by atoms with Crippen molar-refractivity contribution in [2.75, 3.05) is 18.6 Å². The van der Waals surface area contributed by atoms with E-state index in [1.54, 1.807) is 36.5 Å². The Morgan fingerprint density at radius 1 is 1.29 bits per heavy atom. The molecule has 2 saturated heterocycles. The Hall–Kier alpha value is -4.51. The summed E-state index contributed by atoms with van der Waals surface area (Å²) in [4.78, 5) is 25.3. The molecule has 2 aliphatic heterocycles. The fourth-order valence-electron chi connectivity index (χ4n) is 6.13. The number of aromatic nitrogens is 2. The number of pyridine rings is 2. The molecular weight excluding hydrogens is 486 g/mol. The molecule has 6 rings (SSSR count). The molecule has 0 bridgehead atoms. The first-order valence-electron chi connectivity index (χ1n) is 12.3. The molecule has 0 saturated carbocycles. The highest BCUT2D eigenvalue weighted by molar-refractivity contribution is 6.02. The third kappa shape index (κ3) is 3.28. The van der Waals surface area contributed by atoms with Crippen molar-refractivity contribution in [3.05, 3.63) is 72.4 Å². The lowest BCUT2D eigenvalue weighted by Crippen LogP contribution is -2.69. The van der Waals surface area contributed by atoms with Crippen molar-refractivity contribution in [1.82, 2.24) is 14.9 Å². The zero-order chi connectivity index (χ0) is 26.7. The number of carbonyl (C=O) groups excluding carboxylic acids is 1. The van der Waals surface area contributed by atoms with Gasteiger partial charge in [-0.3, -0.25) is 9.78 Å². The summed E-state index contributed by atoms with van der Waals surface area (Å²) in [7, 11) is 1.48. The summed E-state index contributed by atoms with van der Waals surface area (Å²) in [6.07, 6.45) is 9.34. The molecule has 1 amide bonds. The normalized spacial score (nSPS) is 20.2. The highest BCUT2D eigenvalue weighted by atomic mass is 19.1. The summed E-state index contributed by atoms with van der Waals surface area (Å²) in [5.41, 5.74) is 1.29. The number of methoxy groups -OCH3 is 1. The Kier molecular flexibility index (Phi) is 5.53. The number of fused-ring (bicyclic) bond motifs is 3. The molecule has 2 aromatic heterocycles. The SMILES string of the molecule is C#Cc1c(F)ccc2cccc(-c3ncc4c(N5[C@@H]6CCN(C(=O)C=C)[C@@H]6[C@@H]5C)cc(OC)nc4c3F)c12. The summed E-state index contributed by atoms with van der Waals surface area (Å²) in [6.45, 7) is 6.29. The first kappa shape index (κ1) is 23.9. The van der Waals surface area contributed by atoms with Crippen LogP contribution in [0, 0.1) is 24.0 Å². The lowest BCUT2D eigenvalue weighted by molar-refractivity contribution is -0.128. The summed E-state index contributed by atoms with van der Waals surface area (Å²) in [5.74, 6) is 1.36. The number of likely N-dealkylation sites (tertiary alicyclic amines) is 1. The second kappa shape index (κ2) is 8.80. The molecule has 0 spiro atoms. The molecule has 0 aliphatic carbocycles. The van der Waals surface area contributed by atoms with Gasteiger partial charge >= 0.3 is 0 Å². The summed E-state index contributed by atoms with van der Waals surface area (Å²) in [5, 5.41) is 1.62. The number of hydrogen-bond donors (Lipinski definition) is 0. The molecule has 6 nitrogen and oxygen atoms in total. The van der Waals surface area contributed by atoms with Gasteiger partial charge in [0.05, 0.1) is 30.4 Å². The Morgan fingerprint density at radius 3 is 2.84 bits per heavy atom. The molecular formula is C30H24F2N4O2. The minimum Gasteiger partial charge on any atom is -0.481 e. The van der Waals surface area contributed by atoms with Crippen LogP contribution >= 0.6 is 0 Å². The molecule has 0 N–H and O–H groups in total. The molecule has 2 aliphatic rings. The van der Waals surface area contributed by atoms with Gasteiger partial charge in [0, 0.05) is 41.2 Å². The smallest absolute Gasteiger partial charge is 0.246 e. The maximum Gasteiger partial charge on any atom is 0.246 e. The molecule has 0 radical (unpaired) electrons. The minimum atomic E-state index is -0.651. The van der Waals surface area contributed by atoms with Gasteiger partial charge in [0.15, 0.2) is 5.82 Å². The van der Waals surface area contributed by atoms with E-state index in [9.17, 15) is 9.18 Å². The monoisotopic (exact) mass is 510 g/mol. The molecule has 4 aromatic rings. The molecule has 8 heteroatoms. The highest BCUT2D eigenvalue weighted by Gasteiger charge is 2.54. The van der Waals surface area contributed by atoms with Crippen molar-refractivity contribution in [2.24, 2.45) is 0 Å². The standard InChI is InChI=1S/C30H24F2N4O2/c1-5-18-21(31)11-10-17-8-7-9-19(26(17)18)28-27(32)29-20(15-33-28)23(14-24(34-29)38-4)36-16(3)30-22(36)12-13-35(30)25(37)6-2/h1,6-11,14-16,22,30H,2,12-13H2,3-4H3/t16-,22+,30+/m0/s1. The topological polar surface area (TPSA) is 58.6 Å². The van der Waals surface area contributed by atoms with E-state index in [0.29, 0.717) is 28.3 Å². The van der Waals surface area contributed by atoms with Crippen molar-refractivity contribution in [1.29, 1.82) is 0 Å². The first-order chi connectivity index (χ1) is 18.4. The van der Waals surface area contributed by atoms with E-state index in [1.807, 2.05) is 11.8 Å². The van der Waals surface area contributed by atoms with Gasteiger partial charge in [0.25, 0.3) is 0 Å². The van der Waals surface area contributed by atoms with Crippen LogP contribution in [0.3, 0.4) is 0 Å². The zero-order valence-electron chi connectivity index (χ0n) is 20.9. The zero-order valence-corrected chi connectivity index (χ0v) is 20.9. The Labute approximate surface area is 218 Å². The Morgan fingerprint density at radius 2 is 2.11 bits per heavy atom. The maximum absolute atomic E-state index is 16.3. The number of halogens is 2. The van der Waals surface area contributed by atoms with Gasteiger partial charge in [-0.25, -0.2) is 13.8 Å². The van der Waals surface area contributed by atoms with Gasteiger partial charge < -0.3 is 14.5 Å². The van der Waals surface area contributed by atoms with Crippen LogP contribution in [0.4, 0.5) is 14.5 Å². The van der Waals surface area contributed by atoms with Gasteiger partial charge in [-0.15, -0.1) is 6.42 Å². The maximum atomic E-state index is 16.3. The molecule has 2 aromatic carbocycles. The molecule has 2 fully saturated rings. The Bertz CT molecular complexity index is 1700. The number of nitrogens with zero attached hydrogens (tertiary/aromatic N) is 4. The quantitative estimate of drug-likeness (QED) is 0.283. The van der Waals surface area contributed by atoms with E-state index in [4.69, 9.17) is 11.2 Å². The number of rotatable bonds is 4. The number of carbonyl (C=O) groups is 1. The predicted octanol–water partition coefficient (Wildman–Crippen LogP) is 5.08. The van der Waals surface area contributed by atoms with Crippen LogP contribution in [-0.4, -0.2) is 52.6 Å². The van der Waals surface area contributed by atoms with Crippen LogP contribution in [0.1, 0.15) is 18.9 Å². The third-order valence-electron chi connectivity index (χ3n) is 7.80. The molecule has 4 heterocycles. The van der Waals surface area contributed by atoms with E-state index < -0.39 is 11.6 Å². The largest absolute Gasteiger partial charge is 0.481 e. The fraction of sp³-hybridized carbons (Fsp3) is 0.233. The van der Waals surface area contributed by atoms with Gasteiger partial charge in [0.2, 0.25) is 11.8 Å². The number of anilines is 1. The Balaban J connectivity index is 1.52. The molecule has 190 valence electrons. The number of terminal acetylenes is 1. The highest BCUT2D eigenvalue weighted by Crippen LogP contribution is 2.45. The first-order valence-corrected chi connectivity index (χ1v) is 12.3. The van der Waals surface area contributed by atoms with Crippen molar-refractivity contribution >= 4 is 33.3 Å². The lowest BCUT2D eigenvalue weighted by atomic mass is 9.86. The molecule has 0 unspecified atom stereocenters. The average Bonchev–Trinajstić information content (AvgIpc) is 3.32. The van der Waals surface area contributed by atoms with Gasteiger partial charge in [-0.2, -0.15) is 0 Å². The molecule has 38 heavy (non-hydrogen) atoms. The van der Waals surface area contributed by atoms with Crippen LogP contribution in [0.25, 0.3) is 32.9 Å². The summed E-state index contributed by atoms with van der Waals surface area (Å²) < 4.78 is 36.3. The van der Waals surface area contributed by atoms with Crippen molar-refractivity contribution in [3.8, 4) is 29.5 Å². The predicted molar refractivity (Wildman–Crippen MR) is 143 cm³/mol. The van der Waals surface area contributed by atoms with E-state index in [0.717, 1.165) is 12.1 Å². The van der Waals surface area contributed by atoms with Crippen LogP contribution < -0.4 is 9.64 Å². The number of ether oxygens (including phenoxy) is 1. The average molecular weight is 511 g/mol. The number of benzene rings is 2. The second-order valence-corrected chi connectivity index (χ2v) is 9.57. The lowest BCUT2D eigenvalue weighted by Gasteiger charge is -2.54. The van der Waals surface area contributed by atoms with Gasteiger partial charge in [0.1, 0.15) is 17.0 Å². The summed E-state index contributed by atoms with van der Waals surface area (Å²) >= 11 is 0. The van der Waals surface area contributed by atoms with E-state index >= 15 is 4.39 Å². The van der Waals surface area contributed by atoms with Crippen LogP contribution in [0.15, 0.2) is 55.3 Å². The second-order valence-electron chi connectivity index (χ2n) is 9.57. The van der Waals surface area contributed by atoms with Crippen molar-refractivity contribution < 1.29 is 18.3 Å².